The van der Waals surface area contributed by atoms with Crippen LogP contribution in [0.4, 0.5) is 8.78 Å². The lowest BCUT2D eigenvalue weighted by atomic mass is 9.96. The number of ether oxygens (including phenoxy) is 1. The van der Waals surface area contributed by atoms with Crippen molar-refractivity contribution in [2.45, 2.75) is 43.0 Å². The zero-order valence-corrected chi connectivity index (χ0v) is 21.9. The van der Waals surface area contributed by atoms with Crippen LogP contribution in [-0.2, 0) is 14.3 Å². The van der Waals surface area contributed by atoms with Gasteiger partial charge in [0.15, 0.2) is 5.16 Å². The summed E-state index contributed by atoms with van der Waals surface area (Å²) in [6.45, 7) is 2.11. The third-order valence-corrected chi connectivity index (χ3v) is 7.07. The fourth-order valence-corrected chi connectivity index (χ4v) is 5.19. The van der Waals surface area contributed by atoms with Crippen LogP contribution < -0.4 is 5.73 Å². The van der Waals surface area contributed by atoms with Crippen LogP contribution in [0.3, 0.4) is 0 Å². The van der Waals surface area contributed by atoms with Crippen molar-refractivity contribution in [3.8, 4) is 11.8 Å². The normalized spacial score (nSPS) is 12.3. The maximum absolute atomic E-state index is 15.2. The van der Waals surface area contributed by atoms with E-state index in [-0.39, 0.29) is 29.9 Å². The first kappa shape index (κ1) is 27.8. The van der Waals surface area contributed by atoms with Gasteiger partial charge in [0.1, 0.15) is 4.60 Å². The Morgan fingerprint density at radius 3 is 2.64 bits per heavy atom. The van der Waals surface area contributed by atoms with E-state index < -0.39 is 29.3 Å². The Kier molecular flexibility index (Phi) is 9.59. The number of carbonyl (C=O) groups excluding carboxylic acids is 2. The molecule has 190 valence electrons. The van der Waals surface area contributed by atoms with Gasteiger partial charge in [-0.25, -0.2) is 4.98 Å². The molecule has 0 aliphatic rings. The molecule has 0 radical (unpaired) electrons. The van der Waals surface area contributed by atoms with Crippen LogP contribution in [0, 0.1) is 17.2 Å². The molecule has 0 aliphatic heterocycles. The van der Waals surface area contributed by atoms with Crippen LogP contribution in [0.2, 0.25) is 0 Å². The molecule has 1 heterocycles. The zero-order valence-electron chi connectivity index (χ0n) is 19.5. The number of benzene rings is 2. The Morgan fingerprint density at radius 2 is 1.97 bits per heavy atom. The second-order valence-electron chi connectivity index (χ2n) is 7.97. The monoisotopic (exact) mass is 578 g/mol. The number of imidazole rings is 1. The van der Waals surface area contributed by atoms with E-state index >= 15 is 8.78 Å². The van der Waals surface area contributed by atoms with Gasteiger partial charge < -0.3 is 10.5 Å². The summed E-state index contributed by atoms with van der Waals surface area (Å²) in [5.41, 5.74) is 6.45. The molecule has 0 saturated heterocycles. The number of rotatable bonds is 12. The lowest BCUT2D eigenvalue weighted by molar-refractivity contribution is -0.151. The number of thioether (sulfide) groups is 1. The quantitative estimate of drug-likeness (QED) is 0.169. The SMILES string of the molecule is CCOC(=O)C(CCCCN)CC(=O)C(F)(F)Sc1ncc(Br)n1-c1ccc(C#N)c2ccccc12. The standard InChI is InChI=1S/C25H25BrF2N4O3S/c1-2-35-23(34)16(7-5-6-12-29)13-21(33)25(27,28)36-24-31-15-22(26)32(24)20-11-10-17(14-30)18-8-3-4-9-19(18)20/h3-4,8-11,15-16H,2,5-7,12-13,29H2,1H3. The van der Waals surface area contributed by atoms with E-state index in [1.165, 1.54) is 10.8 Å². The van der Waals surface area contributed by atoms with Gasteiger partial charge in [0.2, 0.25) is 5.78 Å². The number of esters is 1. The molecule has 2 N–H and O–H groups in total. The third-order valence-electron chi connectivity index (χ3n) is 5.55. The van der Waals surface area contributed by atoms with Crippen LogP contribution >= 0.6 is 27.7 Å². The van der Waals surface area contributed by atoms with Crippen molar-refractivity contribution in [3.63, 3.8) is 0 Å². The fraction of sp³-hybridized carbons (Fsp3) is 0.360. The molecule has 0 aliphatic carbocycles. The Bertz CT molecular complexity index is 1290. The predicted molar refractivity (Wildman–Crippen MR) is 137 cm³/mol. The summed E-state index contributed by atoms with van der Waals surface area (Å²) in [6, 6.07) is 12.5. The Labute approximate surface area is 220 Å². The summed E-state index contributed by atoms with van der Waals surface area (Å²) in [7, 11) is 0. The topological polar surface area (TPSA) is 111 Å². The van der Waals surface area contributed by atoms with Crippen molar-refractivity contribution in [2.75, 3.05) is 13.2 Å². The molecule has 0 saturated carbocycles. The Balaban J connectivity index is 1.90. The van der Waals surface area contributed by atoms with Gasteiger partial charge in [-0.2, -0.15) is 14.0 Å². The molecule has 36 heavy (non-hydrogen) atoms. The molecule has 7 nitrogen and oxygen atoms in total. The maximum Gasteiger partial charge on any atom is 0.358 e. The van der Waals surface area contributed by atoms with Gasteiger partial charge in [0.05, 0.1) is 36.0 Å². The number of aromatic nitrogens is 2. The molecule has 1 unspecified atom stereocenters. The van der Waals surface area contributed by atoms with Gasteiger partial charge in [-0.1, -0.05) is 30.7 Å². The summed E-state index contributed by atoms with van der Waals surface area (Å²) in [6.07, 6.45) is 2.09. The van der Waals surface area contributed by atoms with E-state index in [0.717, 1.165) is 0 Å². The first-order valence-corrected chi connectivity index (χ1v) is 13.0. The number of unbranched alkanes of at least 4 members (excludes halogenated alkanes) is 1. The Morgan fingerprint density at radius 1 is 1.25 bits per heavy atom. The number of hydrogen-bond donors (Lipinski definition) is 1. The van der Waals surface area contributed by atoms with Crippen molar-refractivity contribution in [3.05, 3.63) is 52.8 Å². The molecular weight excluding hydrogens is 554 g/mol. The highest BCUT2D eigenvalue weighted by Crippen LogP contribution is 2.41. The van der Waals surface area contributed by atoms with Gasteiger partial charge in [-0.3, -0.25) is 14.2 Å². The number of nitriles is 1. The Hall–Kier alpha value is -2.81. The minimum absolute atomic E-state index is 0.0121. The van der Waals surface area contributed by atoms with E-state index in [1.54, 1.807) is 43.3 Å². The van der Waals surface area contributed by atoms with Gasteiger partial charge in [-0.15, -0.1) is 0 Å². The van der Waals surface area contributed by atoms with Crippen molar-refractivity contribution in [1.82, 2.24) is 9.55 Å². The summed E-state index contributed by atoms with van der Waals surface area (Å²) in [5, 5.41) is 6.79. The summed E-state index contributed by atoms with van der Waals surface area (Å²) in [5.74, 6) is -3.02. The van der Waals surface area contributed by atoms with Crippen molar-refractivity contribution < 1.29 is 23.1 Å². The number of hydrogen-bond acceptors (Lipinski definition) is 7. The molecule has 0 spiro atoms. The minimum atomic E-state index is -3.84. The number of nitrogens with two attached hydrogens (primary N) is 1. The van der Waals surface area contributed by atoms with Crippen molar-refractivity contribution in [2.24, 2.45) is 11.7 Å². The highest BCUT2D eigenvalue weighted by molar-refractivity contribution is 9.10. The first-order chi connectivity index (χ1) is 17.2. The largest absolute Gasteiger partial charge is 0.466 e. The summed E-state index contributed by atoms with van der Waals surface area (Å²) >= 11 is 3.36. The molecule has 11 heteroatoms. The first-order valence-electron chi connectivity index (χ1n) is 11.4. The van der Waals surface area contributed by atoms with Gasteiger partial charge in [0.25, 0.3) is 0 Å². The second-order valence-corrected chi connectivity index (χ2v) is 9.86. The molecule has 3 aromatic rings. The molecule has 1 aromatic heterocycles. The summed E-state index contributed by atoms with van der Waals surface area (Å²) < 4.78 is 37.2. The lowest BCUT2D eigenvalue weighted by Crippen LogP contribution is -2.30. The average molecular weight is 579 g/mol. The van der Waals surface area contributed by atoms with Crippen LogP contribution in [0.1, 0.15) is 38.2 Å². The predicted octanol–water partition coefficient (Wildman–Crippen LogP) is 5.61. The van der Waals surface area contributed by atoms with E-state index in [4.69, 9.17) is 10.5 Å². The molecule has 1 atom stereocenters. The van der Waals surface area contributed by atoms with Crippen LogP contribution in [-0.4, -0.2) is 39.7 Å². The molecule has 0 amide bonds. The number of halogens is 3. The van der Waals surface area contributed by atoms with E-state index in [2.05, 4.69) is 27.0 Å². The van der Waals surface area contributed by atoms with Gasteiger partial charge in [0, 0.05) is 17.2 Å². The highest BCUT2D eigenvalue weighted by atomic mass is 79.9. The van der Waals surface area contributed by atoms with Crippen LogP contribution in [0.5, 0.6) is 0 Å². The smallest absolute Gasteiger partial charge is 0.358 e. The molecule has 2 aromatic carbocycles. The number of carbonyl (C=O) groups is 2. The molecular formula is C25H25BrF2N4O3S. The molecule has 3 rings (SSSR count). The van der Waals surface area contributed by atoms with Gasteiger partial charge >= 0.3 is 11.2 Å². The van der Waals surface area contributed by atoms with E-state index in [0.29, 0.717) is 46.0 Å². The number of ketones is 1. The van der Waals surface area contributed by atoms with E-state index in [9.17, 15) is 14.9 Å². The lowest BCUT2D eigenvalue weighted by Gasteiger charge is -2.19. The number of nitrogens with zero attached hydrogens (tertiary/aromatic N) is 3. The fourth-order valence-electron chi connectivity index (χ4n) is 3.79. The van der Waals surface area contributed by atoms with Gasteiger partial charge in [-0.05, 0) is 66.1 Å². The molecule has 0 fully saturated rings. The zero-order chi connectivity index (χ0) is 26.3. The van der Waals surface area contributed by atoms with E-state index in [1.807, 2.05) is 0 Å². The maximum atomic E-state index is 15.2. The minimum Gasteiger partial charge on any atom is -0.466 e. The number of fused-ring (bicyclic) bond motifs is 1. The average Bonchev–Trinajstić information content (AvgIpc) is 3.21. The summed E-state index contributed by atoms with van der Waals surface area (Å²) in [4.78, 5) is 29.0. The second kappa shape index (κ2) is 12.4. The van der Waals surface area contributed by atoms with Crippen molar-refractivity contribution >= 4 is 50.2 Å². The highest BCUT2D eigenvalue weighted by Gasteiger charge is 2.43. The number of alkyl halides is 2. The van der Waals surface area contributed by atoms with Crippen molar-refractivity contribution in [1.29, 1.82) is 5.26 Å². The van der Waals surface area contributed by atoms with Crippen LogP contribution in [0.25, 0.3) is 16.5 Å². The third kappa shape index (κ3) is 6.30. The molecule has 0 bridgehead atoms. The number of Topliss-reactive ketones (excluding diaryl/α,β-unsaturated/α-hetero) is 1. The van der Waals surface area contributed by atoms with Crippen LogP contribution in [0.15, 0.2) is 52.4 Å².